The summed E-state index contributed by atoms with van der Waals surface area (Å²) in [5.74, 6) is 0.892. The van der Waals surface area contributed by atoms with Crippen molar-refractivity contribution in [3.05, 3.63) is 29.3 Å². The highest BCUT2D eigenvalue weighted by atomic mass is 16.5. The van der Waals surface area contributed by atoms with Crippen molar-refractivity contribution in [2.45, 2.75) is 25.4 Å². The molecule has 3 nitrogen and oxygen atoms in total. The lowest BCUT2D eigenvalue weighted by Gasteiger charge is -2.25. The maximum atomic E-state index is 10.5. The summed E-state index contributed by atoms with van der Waals surface area (Å²) < 4.78 is 5.62. The largest absolute Gasteiger partial charge is 0.493 e. The summed E-state index contributed by atoms with van der Waals surface area (Å²) in [7, 11) is 1.89. The standard InChI is InChI=1S/C13H19NO2/c1-13(15,7-8-14-2)11-5-3-4-10-6-9-16-12(10)11/h3-5,14-15H,6-9H2,1-2H3. The van der Waals surface area contributed by atoms with Crippen molar-refractivity contribution in [1.82, 2.24) is 5.32 Å². The van der Waals surface area contributed by atoms with Crippen LogP contribution in [0.2, 0.25) is 0 Å². The number of para-hydroxylation sites is 1. The second-order valence-corrected chi connectivity index (χ2v) is 4.52. The van der Waals surface area contributed by atoms with E-state index < -0.39 is 5.60 Å². The van der Waals surface area contributed by atoms with E-state index in [2.05, 4.69) is 11.4 Å². The van der Waals surface area contributed by atoms with E-state index in [0.717, 1.165) is 30.9 Å². The van der Waals surface area contributed by atoms with Crippen LogP contribution >= 0.6 is 0 Å². The zero-order valence-corrected chi connectivity index (χ0v) is 9.92. The third kappa shape index (κ3) is 2.06. The van der Waals surface area contributed by atoms with Crippen LogP contribution in [0.25, 0.3) is 0 Å². The Hall–Kier alpha value is -1.06. The van der Waals surface area contributed by atoms with Gasteiger partial charge in [0.25, 0.3) is 0 Å². The Morgan fingerprint density at radius 1 is 1.50 bits per heavy atom. The number of rotatable bonds is 4. The fraction of sp³-hybridized carbons (Fsp3) is 0.538. The molecule has 1 aliphatic heterocycles. The molecule has 0 bridgehead atoms. The first kappa shape index (κ1) is 11.4. The minimum Gasteiger partial charge on any atom is -0.493 e. The molecule has 1 heterocycles. The molecule has 1 aromatic rings. The van der Waals surface area contributed by atoms with Gasteiger partial charge in [-0.25, -0.2) is 0 Å². The van der Waals surface area contributed by atoms with Gasteiger partial charge < -0.3 is 15.2 Å². The van der Waals surface area contributed by atoms with Crippen molar-refractivity contribution in [3.63, 3.8) is 0 Å². The molecule has 0 aliphatic carbocycles. The summed E-state index contributed by atoms with van der Waals surface area (Å²) in [6, 6.07) is 6.02. The number of fused-ring (bicyclic) bond motifs is 1. The quantitative estimate of drug-likeness (QED) is 0.808. The molecule has 2 N–H and O–H groups in total. The first-order valence-corrected chi connectivity index (χ1v) is 5.77. The lowest BCUT2D eigenvalue weighted by atomic mass is 9.90. The maximum Gasteiger partial charge on any atom is 0.128 e. The molecule has 0 saturated carbocycles. The second-order valence-electron chi connectivity index (χ2n) is 4.52. The first-order chi connectivity index (χ1) is 7.65. The zero-order valence-electron chi connectivity index (χ0n) is 9.92. The molecule has 16 heavy (non-hydrogen) atoms. The molecule has 0 fully saturated rings. The normalized spacial score (nSPS) is 17.7. The Bertz CT molecular complexity index is 374. The molecule has 0 radical (unpaired) electrons. The Balaban J connectivity index is 2.29. The van der Waals surface area contributed by atoms with Crippen molar-refractivity contribution >= 4 is 0 Å². The predicted octanol–water partition coefficient (Wildman–Crippen LogP) is 1.44. The van der Waals surface area contributed by atoms with Crippen LogP contribution in [-0.2, 0) is 12.0 Å². The van der Waals surface area contributed by atoms with Crippen molar-refractivity contribution in [2.24, 2.45) is 0 Å². The van der Waals surface area contributed by atoms with E-state index in [1.165, 1.54) is 5.56 Å². The van der Waals surface area contributed by atoms with Gasteiger partial charge in [0.1, 0.15) is 5.75 Å². The van der Waals surface area contributed by atoms with E-state index in [4.69, 9.17) is 4.74 Å². The van der Waals surface area contributed by atoms with Gasteiger partial charge in [-0.05, 0) is 32.5 Å². The molecule has 1 unspecified atom stereocenters. The molecule has 1 atom stereocenters. The lowest BCUT2D eigenvalue weighted by molar-refractivity contribution is 0.0459. The minimum atomic E-state index is -0.821. The van der Waals surface area contributed by atoms with Crippen molar-refractivity contribution in [1.29, 1.82) is 0 Å². The second kappa shape index (κ2) is 4.44. The number of ether oxygens (including phenoxy) is 1. The van der Waals surface area contributed by atoms with Crippen molar-refractivity contribution in [3.8, 4) is 5.75 Å². The van der Waals surface area contributed by atoms with Gasteiger partial charge in [-0.2, -0.15) is 0 Å². The Kier molecular flexibility index (Phi) is 3.17. The van der Waals surface area contributed by atoms with Gasteiger partial charge >= 0.3 is 0 Å². The molecule has 88 valence electrons. The lowest BCUT2D eigenvalue weighted by Crippen LogP contribution is -2.26. The molecule has 1 aliphatic rings. The Morgan fingerprint density at radius 2 is 2.31 bits per heavy atom. The summed E-state index contributed by atoms with van der Waals surface area (Å²) in [5.41, 5.74) is 1.30. The van der Waals surface area contributed by atoms with Crippen molar-refractivity contribution < 1.29 is 9.84 Å². The van der Waals surface area contributed by atoms with Crippen LogP contribution in [0.1, 0.15) is 24.5 Å². The SMILES string of the molecule is CNCCC(C)(O)c1cccc2c1OCC2. The monoisotopic (exact) mass is 221 g/mol. The van der Waals surface area contributed by atoms with Crippen LogP contribution < -0.4 is 10.1 Å². The number of benzene rings is 1. The highest BCUT2D eigenvalue weighted by Crippen LogP contribution is 2.37. The summed E-state index contributed by atoms with van der Waals surface area (Å²) >= 11 is 0. The maximum absolute atomic E-state index is 10.5. The van der Waals surface area contributed by atoms with Crippen LogP contribution in [0, 0.1) is 0 Å². The smallest absolute Gasteiger partial charge is 0.128 e. The first-order valence-electron chi connectivity index (χ1n) is 5.77. The van der Waals surface area contributed by atoms with E-state index >= 15 is 0 Å². The Morgan fingerprint density at radius 3 is 3.06 bits per heavy atom. The van der Waals surface area contributed by atoms with Crippen LogP contribution in [0.3, 0.4) is 0 Å². The Labute approximate surface area is 96.4 Å². The van der Waals surface area contributed by atoms with Gasteiger partial charge in [0.05, 0.1) is 12.2 Å². The average molecular weight is 221 g/mol. The molecule has 0 amide bonds. The summed E-state index contributed by atoms with van der Waals surface area (Å²) in [4.78, 5) is 0. The number of aliphatic hydroxyl groups is 1. The fourth-order valence-corrected chi connectivity index (χ4v) is 2.14. The van der Waals surface area contributed by atoms with Gasteiger partial charge in [-0.15, -0.1) is 0 Å². The van der Waals surface area contributed by atoms with E-state index in [1.54, 1.807) is 0 Å². The van der Waals surface area contributed by atoms with Crippen LogP contribution in [0.15, 0.2) is 18.2 Å². The predicted molar refractivity (Wildman–Crippen MR) is 63.8 cm³/mol. The topological polar surface area (TPSA) is 41.5 Å². The summed E-state index contributed by atoms with van der Waals surface area (Å²) in [5, 5.41) is 13.5. The van der Waals surface area contributed by atoms with Crippen LogP contribution in [-0.4, -0.2) is 25.3 Å². The third-order valence-corrected chi connectivity index (χ3v) is 3.16. The highest BCUT2D eigenvalue weighted by Gasteiger charge is 2.29. The number of hydrogen-bond acceptors (Lipinski definition) is 3. The van der Waals surface area contributed by atoms with E-state index in [9.17, 15) is 5.11 Å². The summed E-state index contributed by atoms with van der Waals surface area (Å²) in [6.07, 6.45) is 1.63. The molecule has 3 heteroatoms. The summed E-state index contributed by atoms with van der Waals surface area (Å²) in [6.45, 7) is 3.37. The zero-order chi connectivity index (χ0) is 11.6. The molecule has 2 rings (SSSR count). The van der Waals surface area contributed by atoms with Gasteiger partial charge in [-0.1, -0.05) is 18.2 Å². The number of hydrogen-bond donors (Lipinski definition) is 2. The number of nitrogens with one attached hydrogen (secondary N) is 1. The van der Waals surface area contributed by atoms with Crippen LogP contribution in [0.5, 0.6) is 5.75 Å². The average Bonchev–Trinajstić information content (AvgIpc) is 2.73. The fourth-order valence-electron chi connectivity index (χ4n) is 2.14. The molecular formula is C13H19NO2. The molecular weight excluding hydrogens is 202 g/mol. The minimum absolute atomic E-state index is 0.684. The van der Waals surface area contributed by atoms with E-state index in [-0.39, 0.29) is 0 Å². The van der Waals surface area contributed by atoms with Gasteiger partial charge in [0.2, 0.25) is 0 Å². The van der Waals surface area contributed by atoms with Gasteiger partial charge in [0, 0.05) is 12.0 Å². The molecule has 1 aromatic carbocycles. The molecule has 0 saturated heterocycles. The van der Waals surface area contributed by atoms with Crippen LogP contribution in [0.4, 0.5) is 0 Å². The van der Waals surface area contributed by atoms with E-state index in [0.29, 0.717) is 6.42 Å². The van der Waals surface area contributed by atoms with Gasteiger partial charge in [0.15, 0.2) is 0 Å². The molecule has 0 aromatic heterocycles. The van der Waals surface area contributed by atoms with Crippen molar-refractivity contribution in [2.75, 3.05) is 20.2 Å². The van der Waals surface area contributed by atoms with Gasteiger partial charge in [-0.3, -0.25) is 0 Å². The van der Waals surface area contributed by atoms with E-state index in [1.807, 2.05) is 26.1 Å². The highest BCUT2D eigenvalue weighted by molar-refractivity contribution is 5.46. The third-order valence-electron chi connectivity index (χ3n) is 3.16. The molecule has 0 spiro atoms.